The molecule has 0 rings (SSSR count). The smallest absolute Gasteiger partial charge is 0.303 e. The predicted molar refractivity (Wildman–Crippen MR) is 147 cm³/mol. The Morgan fingerprint density at radius 1 is 0.441 bits per heavy atom. The maximum absolute atomic E-state index is 10.3. The Balaban J connectivity index is 0. The zero-order valence-corrected chi connectivity index (χ0v) is 22.8. The van der Waals surface area contributed by atoms with E-state index in [2.05, 4.69) is 26.0 Å². The predicted octanol–water partition coefficient (Wildman–Crippen LogP) is 10.1. The fourth-order valence-corrected chi connectivity index (χ4v) is 3.93. The molecule has 0 aliphatic heterocycles. The quantitative estimate of drug-likeness (QED) is 0.100. The summed E-state index contributed by atoms with van der Waals surface area (Å²) >= 11 is 0. The molecule has 0 unspecified atom stereocenters. The molecule has 0 fully saturated rings. The maximum atomic E-state index is 10.3. The molecule has 0 bridgehead atoms. The van der Waals surface area contributed by atoms with Gasteiger partial charge in [0, 0.05) is 12.8 Å². The van der Waals surface area contributed by atoms with Crippen molar-refractivity contribution in [3.63, 3.8) is 0 Å². The molecule has 0 saturated heterocycles. The first kappa shape index (κ1) is 34.8. The van der Waals surface area contributed by atoms with Crippen molar-refractivity contribution < 1.29 is 19.8 Å². The minimum Gasteiger partial charge on any atom is -0.481 e. The number of hydrogen-bond acceptors (Lipinski definition) is 2. The van der Waals surface area contributed by atoms with Crippen molar-refractivity contribution in [1.82, 2.24) is 0 Å². The summed E-state index contributed by atoms with van der Waals surface area (Å²) in [5, 5.41) is 16.9. The van der Waals surface area contributed by atoms with Crippen molar-refractivity contribution >= 4 is 11.9 Å². The average Bonchev–Trinajstić information content (AvgIpc) is 2.80. The molecule has 0 saturated carbocycles. The van der Waals surface area contributed by atoms with Gasteiger partial charge in [0.15, 0.2) is 0 Å². The van der Waals surface area contributed by atoms with Crippen LogP contribution < -0.4 is 0 Å². The van der Waals surface area contributed by atoms with Crippen LogP contribution in [0, 0.1) is 0 Å². The maximum Gasteiger partial charge on any atom is 0.303 e. The minimum absolute atomic E-state index is 0.332. The van der Waals surface area contributed by atoms with Crippen molar-refractivity contribution in [3.8, 4) is 0 Å². The summed E-state index contributed by atoms with van der Waals surface area (Å²) in [6, 6.07) is 0. The highest BCUT2D eigenvalue weighted by molar-refractivity contribution is 5.66. The first-order valence-corrected chi connectivity index (χ1v) is 14.6. The standard InChI is InChI=1S/C18H34O2.C12H24O2/c1-2-3-4-5-6-7-8-9-10-11-12-13-14-15-16-17-18(19)20;1-2-3-4-5-6-7-8-9-10-11-12(13)14/h9-10H,2-8,11-17H2,1H3,(H,19,20);2-11H2,1H3,(H,13,14). The van der Waals surface area contributed by atoms with Crippen LogP contribution in [0.25, 0.3) is 0 Å². The van der Waals surface area contributed by atoms with E-state index in [0.717, 1.165) is 25.7 Å². The molecule has 4 heteroatoms. The fourth-order valence-electron chi connectivity index (χ4n) is 3.93. The Bertz CT molecular complexity index is 445. The molecule has 0 aromatic carbocycles. The molecule has 2 N–H and O–H groups in total. The molecule has 0 heterocycles. The van der Waals surface area contributed by atoms with E-state index in [-0.39, 0.29) is 0 Å². The van der Waals surface area contributed by atoms with Gasteiger partial charge in [-0.15, -0.1) is 0 Å². The molecule has 0 aromatic heterocycles. The first-order chi connectivity index (χ1) is 16.5. The zero-order chi connectivity index (χ0) is 25.5. The van der Waals surface area contributed by atoms with Gasteiger partial charge in [0.1, 0.15) is 0 Å². The van der Waals surface area contributed by atoms with Crippen LogP contribution in [0.3, 0.4) is 0 Å². The lowest BCUT2D eigenvalue weighted by Crippen LogP contribution is -1.93. The molecule has 34 heavy (non-hydrogen) atoms. The van der Waals surface area contributed by atoms with Gasteiger partial charge in [0.25, 0.3) is 0 Å². The van der Waals surface area contributed by atoms with Crippen LogP contribution in [0.15, 0.2) is 12.2 Å². The van der Waals surface area contributed by atoms with E-state index >= 15 is 0 Å². The van der Waals surface area contributed by atoms with Crippen molar-refractivity contribution in [2.24, 2.45) is 0 Å². The normalized spacial score (nSPS) is 10.9. The largest absolute Gasteiger partial charge is 0.481 e. The van der Waals surface area contributed by atoms with Gasteiger partial charge in [-0.05, 0) is 38.5 Å². The van der Waals surface area contributed by atoms with Crippen molar-refractivity contribution in [3.05, 3.63) is 12.2 Å². The molecule has 0 aliphatic rings. The fraction of sp³-hybridized carbons (Fsp3) is 0.867. The third kappa shape index (κ3) is 38.0. The molecule has 0 aromatic rings. The molecule has 0 aliphatic carbocycles. The van der Waals surface area contributed by atoms with Crippen molar-refractivity contribution in [2.75, 3.05) is 0 Å². The van der Waals surface area contributed by atoms with Crippen molar-refractivity contribution in [1.29, 1.82) is 0 Å². The van der Waals surface area contributed by atoms with Crippen LogP contribution >= 0.6 is 0 Å². The van der Waals surface area contributed by atoms with Gasteiger partial charge in [-0.25, -0.2) is 0 Å². The molecule has 0 atom stereocenters. The lowest BCUT2D eigenvalue weighted by Gasteiger charge is -2.00. The highest BCUT2D eigenvalue weighted by Gasteiger charge is 1.97. The first-order valence-electron chi connectivity index (χ1n) is 14.6. The van der Waals surface area contributed by atoms with E-state index in [0.29, 0.717) is 12.8 Å². The van der Waals surface area contributed by atoms with E-state index in [1.165, 1.54) is 116 Å². The summed E-state index contributed by atoms with van der Waals surface area (Å²) in [5.41, 5.74) is 0. The second-order valence-corrected chi connectivity index (χ2v) is 9.70. The summed E-state index contributed by atoms with van der Waals surface area (Å²) in [6.07, 6.45) is 32.7. The minimum atomic E-state index is -0.664. The van der Waals surface area contributed by atoms with Crippen LogP contribution in [0.2, 0.25) is 0 Å². The zero-order valence-electron chi connectivity index (χ0n) is 22.8. The van der Waals surface area contributed by atoms with E-state index < -0.39 is 11.9 Å². The summed E-state index contributed by atoms with van der Waals surface area (Å²) < 4.78 is 0. The van der Waals surface area contributed by atoms with Gasteiger partial charge in [-0.3, -0.25) is 9.59 Å². The van der Waals surface area contributed by atoms with Crippen LogP contribution in [-0.4, -0.2) is 22.2 Å². The number of unbranched alkanes of at least 4 members (excludes halogenated alkanes) is 19. The van der Waals surface area contributed by atoms with Gasteiger partial charge < -0.3 is 10.2 Å². The second kappa shape index (κ2) is 31.7. The van der Waals surface area contributed by atoms with E-state index in [1.54, 1.807) is 0 Å². The van der Waals surface area contributed by atoms with Crippen molar-refractivity contribution in [2.45, 2.75) is 168 Å². The summed E-state index contributed by atoms with van der Waals surface area (Å²) in [6.45, 7) is 4.49. The SMILES string of the molecule is CCCCCCCCC=CCCCCCCCC(=O)O.CCCCCCCCCCCC(=O)O. The Morgan fingerprint density at radius 3 is 1.00 bits per heavy atom. The van der Waals surface area contributed by atoms with Gasteiger partial charge in [-0.2, -0.15) is 0 Å². The van der Waals surface area contributed by atoms with Crippen LogP contribution in [0.5, 0.6) is 0 Å². The number of rotatable bonds is 25. The monoisotopic (exact) mass is 482 g/mol. The van der Waals surface area contributed by atoms with Gasteiger partial charge in [0.2, 0.25) is 0 Å². The molecule has 0 amide bonds. The average molecular weight is 483 g/mol. The molecular weight excluding hydrogens is 424 g/mol. The molecular formula is C30H58O4. The highest BCUT2D eigenvalue weighted by atomic mass is 16.4. The van der Waals surface area contributed by atoms with Crippen LogP contribution in [-0.2, 0) is 9.59 Å². The lowest BCUT2D eigenvalue weighted by molar-refractivity contribution is -0.138. The van der Waals surface area contributed by atoms with E-state index in [4.69, 9.17) is 10.2 Å². The summed E-state index contributed by atoms with van der Waals surface area (Å²) in [5.74, 6) is -1.32. The molecule has 202 valence electrons. The molecule has 4 nitrogen and oxygen atoms in total. The Labute approximate surface area is 212 Å². The summed E-state index contributed by atoms with van der Waals surface area (Å²) in [7, 11) is 0. The number of carboxylic acids is 2. The van der Waals surface area contributed by atoms with Gasteiger partial charge in [0.05, 0.1) is 0 Å². The molecule has 0 radical (unpaired) electrons. The third-order valence-electron chi connectivity index (χ3n) is 6.15. The van der Waals surface area contributed by atoms with Gasteiger partial charge in [-0.1, -0.05) is 129 Å². The van der Waals surface area contributed by atoms with E-state index in [1.807, 2.05) is 0 Å². The second-order valence-electron chi connectivity index (χ2n) is 9.70. The number of allylic oxidation sites excluding steroid dienone is 2. The Hall–Kier alpha value is -1.32. The topological polar surface area (TPSA) is 74.6 Å². The Kier molecular flexibility index (Phi) is 32.5. The number of carboxylic acid groups (broad SMARTS) is 2. The van der Waals surface area contributed by atoms with Crippen LogP contribution in [0.4, 0.5) is 0 Å². The Morgan fingerprint density at radius 2 is 0.706 bits per heavy atom. The lowest BCUT2D eigenvalue weighted by atomic mass is 10.1. The van der Waals surface area contributed by atoms with Crippen LogP contribution in [0.1, 0.15) is 168 Å². The van der Waals surface area contributed by atoms with E-state index in [9.17, 15) is 9.59 Å². The summed E-state index contributed by atoms with van der Waals surface area (Å²) in [4.78, 5) is 20.5. The number of carbonyl (C=O) groups is 2. The third-order valence-corrected chi connectivity index (χ3v) is 6.15. The number of hydrogen-bond donors (Lipinski definition) is 2. The molecule has 0 spiro atoms. The van der Waals surface area contributed by atoms with Gasteiger partial charge >= 0.3 is 11.9 Å². The highest BCUT2D eigenvalue weighted by Crippen LogP contribution is 2.11. The number of aliphatic carboxylic acids is 2.